The Labute approximate surface area is 84.7 Å². The van der Waals surface area contributed by atoms with E-state index in [1.54, 1.807) is 0 Å². The summed E-state index contributed by atoms with van der Waals surface area (Å²) in [4.78, 5) is 5.76. The Morgan fingerprint density at radius 1 is 1.50 bits per heavy atom. The number of hydrogen-bond donors (Lipinski definition) is 3. The van der Waals surface area contributed by atoms with Gasteiger partial charge in [-0.2, -0.15) is 4.99 Å². The van der Waals surface area contributed by atoms with Gasteiger partial charge in [-0.1, -0.05) is 0 Å². The van der Waals surface area contributed by atoms with Gasteiger partial charge in [0.05, 0.1) is 0 Å². The fourth-order valence-corrected chi connectivity index (χ4v) is 1.34. The van der Waals surface area contributed by atoms with Gasteiger partial charge in [0.1, 0.15) is 0 Å². The number of hydrogen-bond acceptors (Lipinski definition) is 1. The van der Waals surface area contributed by atoms with Gasteiger partial charge in [-0.3, -0.25) is 5.41 Å². The van der Waals surface area contributed by atoms with Gasteiger partial charge in [0.2, 0.25) is 5.96 Å². The van der Waals surface area contributed by atoms with Crippen LogP contribution < -0.4 is 11.5 Å². The predicted octanol–water partition coefficient (Wildman–Crippen LogP) is 0.315. The molecule has 0 heterocycles. The summed E-state index contributed by atoms with van der Waals surface area (Å²) in [5, 5.41) is 7.04. The Bertz CT molecular complexity index is 242. The molecule has 0 aromatic carbocycles. The topological polar surface area (TPSA) is 91.5 Å². The van der Waals surface area contributed by atoms with Crippen LogP contribution in [0.1, 0.15) is 26.7 Å². The van der Waals surface area contributed by atoms with E-state index in [-0.39, 0.29) is 5.96 Å². The molecule has 0 unspecified atom stereocenters. The molecule has 14 heavy (non-hydrogen) atoms. The lowest BCUT2D eigenvalue weighted by Gasteiger charge is -2.27. The molecule has 5 heteroatoms. The fourth-order valence-electron chi connectivity index (χ4n) is 1.34. The molecule has 0 radical (unpaired) electrons. The molecule has 0 atom stereocenters. The average Bonchev–Trinajstić information content (AvgIpc) is 2.80. The third-order valence-electron chi connectivity index (χ3n) is 2.30. The number of nitrogens with two attached hydrogens (primary N) is 2. The van der Waals surface area contributed by atoms with E-state index in [2.05, 4.69) is 18.8 Å². The quantitative estimate of drug-likeness (QED) is 0.449. The van der Waals surface area contributed by atoms with Crippen LogP contribution in [0, 0.1) is 11.3 Å². The third-order valence-corrected chi connectivity index (χ3v) is 2.30. The first-order valence-corrected chi connectivity index (χ1v) is 4.95. The highest BCUT2D eigenvalue weighted by molar-refractivity contribution is 5.91. The molecule has 1 rings (SSSR count). The molecule has 0 saturated heterocycles. The van der Waals surface area contributed by atoms with Gasteiger partial charge >= 0.3 is 0 Å². The van der Waals surface area contributed by atoms with Crippen LogP contribution in [0.4, 0.5) is 0 Å². The molecule has 0 aromatic heterocycles. The number of guanidine groups is 2. The second-order valence-corrected chi connectivity index (χ2v) is 4.04. The SMILES string of the molecule is CC(C)N(CC1CC1)/C(N)=N/C(=N)N. The van der Waals surface area contributed by atoms with Crippen LogP contribution in [0.5, 0.6) is 0 Å². The molecule has 1 aliphatic carbocycles. The Morgan fingerprint density at radius 2 is 2.07 bits per heavy atom. The standard InChI is InChI=1S/C9H19N5/c1-6(2)14(5-7-3-4-7)9(12)13-8(10)11/h6-7H,3-5H2,1-2H3,(H5,10,11,12,13). The van der Waals surface area contributed by atoms with Crippen molar-refractivity contribution in [3.63, 3.8) is 0 Å². The molecular weight excluding hydrogens is 178 g/mol. The van der Waals surface area contributed by atoms with Crippen molar-refractivity contribution in [1.82, 2.24) is 4.90 Å². The Hall–Kier alpha value is -1.26. The zero-order valence-electron chi connectivity index (χ0n) is 8.83. The average molecular weight is 197 g/mol. The van der Waals surface area contributed by atoms with E-state index in [4.69, 9.17) is 16.9 Å². The monoisotopic (exact) mass is 197 g/mol. The highest BCUT2D eigenvalue weighted by Crippen LogP contribution is 2.30. The minimum atomic E-state index is -0.232. The van der Waals surface area contributed by atoms with E-state index in [1.807, 2.05) is 4.90 Å². The summed E-state index contributed by atoms with van der Waals surface area (Å²) in [5.41, 5.74) is 10.9. The molecule has 0 spiro atoms. The Morgan fingerprint density at radius 3 is 2.43 bits per heavy atom. The fraction of sp³-hybridized carbons (Fsp3) is 0.778. The Kier molecular flexibility index (Phi) is 3.33. The van der Waals surface area contributed by atoms with Gasteiger partial charge in [0.15, 0.2) is 5.96 Å². The maximum atomic E-state index is 7.04. The molecule has 0 aromatic rings. The van der Waals surface area contributed by atoms with E-state index in [9.17, 15) is 0 Å². The second-order valence-electron chi connectivity index (χ2n) is 4.04. The largest absolute Gasteiger partial charge is 0.369 e. The van der Waals surface area contributed by atoms with Crippen molar-refractivity contribution in [2.45, 2.75) is 32.7 Å². The summed E-state index contributed by atoms with van der Waals surface area (Å²) in [7, 11) is 0. The van der Waals surface area contributed by atoms with Crippen LogP contribution in [-0.2, 0) is 0 Å². The molecule has 1 fully saturated rings. The number of rotatable bonds is 3. The normalized spacial score (nSPS) is 17.2. The molecule has 80 valence electrons. The lowest BCUT2D eigenvalue weighted by Crippen LogP contribution is -2.44. The van der Waals surface area contributed by atoms with Gasteiger partial charge < -0.3 is 16.4 Å². The van der Waals surface area contributed by atoms with Crippen LogP contribution in [0.3, 0.4) is 0 Å². The first-order valence-electron chi connectivity index (χ1n) is 4.95. The van der Waals surface area contributed by atoms with Crippen LogP contribution in [0.25, 0.3) is 0 Å². The molecule has 1 saturated carbocycles. The van der Waals surface area contributed by atoms with E-state index in [1.165, 1.54) is 12.8 Å². The van der Waals surface area contributed by atoms with E-state index >= 15 is 0 Å². The molecule has 5 nitrogen and oxygen atoms in total. The first-order chi connectivity index (χ1) is 6.50. The molecule has 1 aliphatic rings. The van der Waals surface area contributed by atoms with Crippen molar-refractivity contribution in [3.05, 3.63) is 0 Å². The minimum absolute atomic E-state index is 0.232. The van der Waals surface area contributed by atoms with E-state index in [0.29, 0.717) is 12.0 Å². The number of aliphatic imine (C=N–C) groups is 1. The Balaban J connectivity index is 2.59. The highest BCUT2D eigenvalue weighted by atomic mass is 15.3. The molecule has 0 amide bonds. The van der Waals surface area contributed by atoms with Crippen molar-refractivity contribution in [3.8, 4) is 0 Å². The zero-order valence-corrected chi connectivity index (χ0v) is 8.83. The summed E-state index contributed by atoms with van der Waals surface area (Å²) in [6.07, 6.45) is 2.55. The second kappa shape index (κ2) is 4.30. The lowest BCUT2D eigenvalue weighted by atomic mass is 10.3. The van der Waals surface area contributed by atoms with Crippen molar-refractivity contribution in [2.75, 3.05) is 6.54 Å². The maximum absolute atomic E-state index is 7.04. The summed E-state index contributed by atoms with van der Waals surface area (Å²) >= 11 is 0. The van der Waals surface area contributed by atoms with Gasteiger partial charge in [0, 0.05) is 12.6 Å². The van der Waals surface area contributed by atoms with Crippen LogP contribution >= 0.6 is 0 Å². The first kappa shape index (κ1) is 10.8. The molecule has 0 bridgehead atoms. The molecule has 5 N–H and O–H groups in total. The van der Waals surface area contributed by atoms with Crippen molar-refractivity contribution >= 4 is 11.9 Å². The predicted molar refractivity (Wildman–Crippen MR) is 58.1 cm³/mol. The van der Waals surface area contributed by atoms with Gasteiger partial charge in [-0.05, 0) is 32.6 Å². The van der Waals surface area contributed by atoms with Crippen LogP contribution in [-0.4, -0.2) is 29.4 Å². The van der Waals surface area contributed by atoms with Crippen LogP contribution in [0.2, 0.25) is 0 Å². The maximum Gasteiger partial charge on any atom is 0.215 e. The smallest absolute Gasteiger partial charge is 0.215 e. The highest BCUT2D eigenvalue weighted by Gasteiger charge is 2.26. The zero-order chi connectivity index (χ0) is 10.7. The van der Waals surface area contributed by atoms with Crippen molar-refractivity contribution in [1.29, 1.82) is 5.41 Å². The summed E-state index contributed by atoms with van der Waals surface area (Å²) in [5.74, 6) is 0.876. The minimum Gasteiger partial charge on any atom is -0.369 e. The van der Waals surface area contributed by atoms with Gasteiger partial charge in [-0.25, -0.2) is 0 Å². The molecule has 0 aliphatic heterocycles. The van der Waals surface area contributed by atoms with Crippen molar-refractivity contribution < 1.29 is 0 Å². The molecular formula is C9H19N5. The van der Waals surface area contributed by atoms with Gasteiger partial charge in [0.25, 0.3) is 0 Å². The third kappa shape index (κ3) is 3.24. The van der Waals surface area contributed by atoms with E-state index < -0.39 is 0 Å². The lowest BCUT2D eigenvalue weighted by molar-refractivity contribution is 0.332. The number of nitrogens with one attached hydrogen (secondary N) is 1. The summed E-state index contributed by atoms with van der Waals surface area (Å²) in [6, 6.07) is 0.304. The van der Waals surface area contributed by atoms with E-state index in [0.717, 1.165) is 12.5 Å². The number of nitrogens with zero attached hydrogens (tertiary/aromatic N) is 2. The van der Waals surface area contributed by atoms with Crippen LogP contribution in [0.15, 0.2) is 4.99 Å². The summed E-state index contributed by atoms with van der Waals surface area (Å²) in [6.45, 7) is 5.05. The van der Waals surface area contributed by atoms with Gasteiger partial charge in [-0.15, -0.1) is 0 Å². The van der Waals surface area contributed by atoms with Crippen molar-refractivity contribution in [2.24, 2.45) is 22.4 Å². The summed E-state index contributed by atoms with van der Waals surface area (Å²) < 4.78 is 0.